The van der Waals surface area contributed by atoms with E-state index < -0.39 is 0 Å². The highest BCUT2D eigenvalue weighted by atomic mass is 79.9. The summed E-state index contributed by atoms with van der Waals surface area (Å²) in [5, 5.41) is 0.564. The van der Waals surface area contributed by atoms with Crippen LogP contribution in [-0.4, -0.2) is 17.9 Å². The number of alkyl halides is 1. The molecule has 0 atom stereocenters. The van der Waals surface area contributed by atoms with Crippen LogP contribution in [-0.2, 0) is 0 Å². The lowest BCUT2D eigenvalue weighted by Crippen LogP contribution is -1.88. The largest absolute Gasteiger partial charge is 0.298 e. The van der Waals surface area contributed by atoms with Gasteiger partial charge < -0.3 is 0 Å². The van der Waals surface area contributed by atoms with Crippen LogP contribution >= 0.6 is 15.9 Å². The molecular formula is C11H7BrO2. The Bertz CT molecular complexity index is 387. The van der Waals surface area contributed by atoms with E-state index in [1.807, 2.05) is 0 Å². The molecule has 0 amide bonds. The van der Waals surface area contributed by atoms with Crippen molar-refractivity contribution in [1.29, 1.82) is 0 Å². The summed E-state index contributed by atoms with van der Waals surface area (Å²) >= 11 is 3.17. The van der Waals surface area contributed by atoms with Crippen molar-refractivity contribution in [2.45, 2.75) is 0 Å². The van der Waals surface area contributed by atoms with E-state index in [9.17, 15) is 9.59 Å². The average molecular weight is 251 g/mol. The van der Waals surface area contributed by atoms with Gasteiger partial charge in [0, 0.05) is 16.7 Å². The van der Waals surface area contributed by atoms with Crippen LogP contribution in [0.25, 0.3) is 0 Å². The van der Waals surface area contributed by atoms with Crippen LogP contribution in [0.2, 0.25) is 0 Å². The van der Waals surface area contributed by atoms with E-state index in [-0.39, 0.29) is 0 Å². The zero-order valence-electron chi connectivity index (χ0n) is 7.29. The topological polar surface area (TPSA) is 34.1 Å². The van der Waals surface area contributed by atoms with Gasteiger partial charge in [0.15, 0.2) is 0 Å². The molecule has 0 heterocycles. The van der Waals surface area contributed by atoms with Crippen LogP contribution < -0.4 is 0 Å². The van der Waals surface area contributed by atoms with Crippen LogP contribution in [0.15, 0.2) is 18.2 Å². The van der Waals surface area contributed by atoms with E-state index in [4.69, 9.17) is 0 Å². The standard InChI is InChI=1S/C11H7BrO2/c12-3-1-2-9-4-10(7-13)6-11(5-9)8-14/h4-8H,3H2. The van der Waals surface area contributed by atoms with Crippen molar-refractivity contribution in [1.82, 2.24) is 0 Å². The normalized spacial score (nSPS) is 8.64. The van der Waals surface area contributed by atoms with Gasteiger partial charge in [0.1, 0.15) is 12.6 Å². The van der Waals surface area contributed by atoms with Gasteiger partial charge in [0.2, 0.25) is 0 Å². The maximum Gasteiger partial charge on any atom is 0.150 e. The lowest BCUT2D eigenvalue weighted by Gasteiger charge is -1.95. The van der Waals surface area contributed by atoms with E-state index in [1.165, 1.54) is 6.07 Å². The second-order valence-corrected chi connectivity index (χ2v) is 3.12. The summed E-state index contributed by atoms with van der Waals surface area (Å²) in [6, 6.07) is 4.82. The van der Waals surface area contributed by atoms with E-state index in [0.29, 0.717) is 34.6 Å². The second-order valence-electron chi connectivity index (χ2n) is 2.56. The summed E-state index contributed by atoms with van der Waals surface area (Å²) < 4.78 is 0. The zero-order valence-corrected chi connectivity index (χ0v) is 8.87. The van der Waals surface area contributed by atoms with Crippen molar-refractivity contribution < 1.29 is 9.59 Å². The lowest BCUT2D eigenvalue weighted by atomic mass is 10.1. The molecule has 0 bridgehead atoms. The number of rotatable bonds is 2. The third-order valence-electron chi connectivity index (χ3n) is 1.55. The third-order valence-corrected chi connectivity index (χ3v) is 1.83. The Morgan fingerprint density at radius 2 is 1.71 bits per heavy atom. The van der Waals surface area contributed by atoms with Crippen molar-refractivity contribution in [3.63, 3.8) is 0 Å². The van der Waals surface area contributed by atoms with Crippen LogP contribution in [0.1, 0.15) is 26.3 Å². The Labute approximate surface area is 90.4 Å². The number of carbonyl (C=O) groups excluding carboxylic acids is 2. The fourth-order valence-electron chi connectivity index (χ4n) is 1.02. The number of halogens is 1. The Kier molecular flexibility index (Phi) is 4.09. The van der Waals surface area contributed by atoms with Crippen LogP contribution in [0.3, 0.4) is 0 Å². The summed E-state index contributed by atoms with van der Waals surface area (Å²) in [4.78, 5) is 21.1. The molecule has 0 radical (unpaired) electrons. The highest BCUT2D eigenvalue weighted by molar-refractivity contribution is 9.09. The molecule has 0 unspecified atom stereocenters. The van der Waals surface area contributed by atoms with Gasteiger partial charge in [-0.15, -0.1) is 0 Å². The molecule has 0 spiro atoms. The molecule has 14 heavy (non-hydrogen) atoms. The maximum atomic E-state index is 10.5. The summed E-state index contributed by atoms with van der Waals surface area (Å²) in [6.07, 6.45) is 1.40. The van der Waals surface area contributed by atoms with E-state index >= 15 is 0 Å². The molecule has 0 aliphatic carbocycles. The lowest BCUT2D eigenvalue weighted by molar-refractivity contribution is 0.112. The fraction of sp³-hybridized carbons (Fsp3) is 0.0909. The highest BCUT2D eigenvalue weighted by Crippen LogP contribution is 2.06. The summed E-state index contributed by atoms with van der Waals surface area (Å²) in [5.74, 6) is 5.63. The van der Waals surface area contributed by atoms with Crippen molar-refractivity contribution in [2.24, 2.45) is 0 Å². The number of aldehydes is 2. The molecule has 0 aromatic heterocycles. The van der Waals surface area contributed by atoms with Gasteiger partial charge in [-0.25, -0.2) is 0 Å². The number of hydrogen-bond donors (Lipinski definition) is 0. The Morgan fingerprint density at radius 3 is 2.14 bits per heavy atom. The molecule has 2 nitrogen and oxygen atoms in total. The summed E-state index contributed by atoms with van der Waals surface area (Å²) in [5.41, 5.74) is 1.61. The number of benzene rings is 1. The van der Waals surface area contributed by atoms with Gasteiger partial charge in [0.05, 0.1) is 5.33 Å². The molecule has 0 N–H and O–H groups in total. The smallest absolute Gasteiger partial charge is 0.150 e. The van der Waals surface area contributed by atoms with Crippen LogP contribution in [0, 0.1) is 11.8 Å². The van der Waals surface area contributed by atoms with Crippen molar-refractivity contribution >= 4 is 28.5 Å². The van der Waals surface area contributed by atoms with E-state index in [1.54, 1.807) is 12.1 Å². The minimum Gasteiger partial charge on any atom is -0.298 e. The van der Waals surface area contributed by atoms with Crippen LogP contribution in [0.5, 0.6) is 0 Å². The number of hydrogen-bond acceptors (Lipinski definition) is 2. The third kappa shape index (κ3) is 2.82. The SMILES string of the molecule is O=Cc1cc(C#CCBr)cc(C=O)c1. The molecule has 1 aromatic carbocycles. The first-order valence-electron chi connectivity index (χ1n) is 3.90. The summed E-state index contributed by atoms with van der Waals surface area (Å²) in [6.45, 7) is 0. The van der Waals surface area contributed by atoms with E-state index in [2.05, 4.69) is 27.8 Å². The van der Waals surface area contributed by atoms with Crippen molar-refractivity contribution in [3.05, 3.63) is 34.9 Å². The minimum atomic E-state index is 0.466. The first-order valence-corrected chi connectivity index (χ1v) is 5.02. The molecule has 1 rings (SSSR count). The first-order chi connectivity index (χ1) is 6.80. The first kappa shape index (κ1) is 10.7. The molecule has 0 saturated heterocycles. The molecule has 0 saturated carbocycles. The van der Waals surface area contributed by atoms with Gasteiger partial charge in [-0.2, -0.15) is 0 Å². The average Bonchev–Trinajstić information content (AvgIpc) is 2.25. The Hall–Kier alpha value is -1.40. The molecule has 1 aromatic rings. The number of carbonyl (C=O) groups is 2. The molecular weight excluding hydrogens is 244 g/mol. The van der Waals surface area contributed by atoms with Crippen molar-refractivity contribution in [2.75, 3.05) is 5.33 Å². The molecule has 0 aliphatic rings. The van der Waals surface area contributed by atoms with Gasteiger partial charge in [0.25, 0.3) is 0 Å². The monoisotopic (exact) mass is 250 g/mol. The summed E-state index contributed by atoms with van der Waals surface area (Å²) in [7, 11) is 0. The van der Waals surface area contributed by atoms with Crippen LogP contribution in [0.4, 0.5) is 0 Å². The maximum absolute atomic E-state index is 10.5. The zero-order chi connectivity index (χ0) is 10.4. The van der Waals surface area contributed by atoms with Crippen molar-refractivity contribution in [3.8, 4) is 11.8 Å². The Morgan fingerprint density at radius 1 is 1.14 bits per heavy atom. The molecule has 3 heteroatoms. The quantitative estimate of drug-likeness (QED) is 0.458. The predicted molar refractivity (Wildman–Crippen MR) is 57.9 cm³/mol. The molecule has 70 valence electrons. The predicted octanol–water partition coefficient (Wildman–Crippen LogP) is 2.06. The van der Waals surface area contributed by atoms with Gasteiger partial charge >= 0.3 is 0 Å². The highest BCUT2D eigenvalue weighted by Gasteiger charge is 1.97. The second kappa shape index (κ2) is 5.36. The Balaban J connectivity index is 3.16. The molecule has 0 fully saturated rings. The van der Waals surface area contributed by atoms with Gasteiger partial charge in [-0.1, -0.05) is 27.8 Å². The minimum absolute atomic E-state index is 0.466. The fourth-order valence-corrected chi connectivity index (χ4v) is 1.16. The van der Waals surface area contributed by atoms with E-state index in [0.717, 1.165) is 0 Å². The molecule has 0 aliphatic heterocycles. The van der Waals surface area contributed by atoms with Gasteiger partial charge in [-0.3, -0.25) is 9.59 Å². The van der Waals surface area contributed by atoms with Gasteiger partial charge in [-0.05, 0) is 18.2 Å².